The van der Waals surface area contributed by atoms with Crippen molar-refractivity contribution < 1.29 is 22.7 Å². The molecular weight excluding hydrogens is 459 g/mol. The molecule has 1 saturated heterocycles. The third-order valence-corrected chi connectivity index (χ3v) is 6.82. The molecule has 0 bridgehead atoms. The minimum Gasteiger partial charge on any atom is -0.482 e. The van der Waals surface area contributed by atoms with Crippen LogP contribution in [-0.2, 0) is 18.8 Å². The van der Waals surface area contributed by atoms with Gasteiger partial charge in [-0.3, -0.25) is 9.48 Å². The molecule has 4 aromatic rings. The van der Waals surface area contributed by atoms with Gasteiger partial charge in [0.2, 0.25) is 0 Å². The van der Waals surface area contributed by atoms with Gasteiger partial charge in [-0.25, -0.2) is 9.97 Å². The maximum Gasteiger partial charge on any atom is 0.434 e. The van der Waals surface area contributed by atoms with E-state index in [1.54, 1.807) is 23.0 Å². The largest absolute Gasteiger partial charge is 0.482 e. The summed E-state index contributed by atoms with van der Waals surface area (Å²) in [5, 5.41) is 4.81. The summed E-state index contributed by atoms with van der Waals surface area (Å²) in [4.78, 5) is 22.4. The summed E-state index contributed by atoms with van der Waals surface area (Å²) in [6.07, 6.45) is -0.777. The summed E-state index contributed by atoms with van der Waals surface area (Å²) in [6, 6.07) is 12.1. The normalized spacial score (nSPS) is 16.6. The van der Waals surface area contributed by atoms with Gasteiger partial charge in [0.25, 0.3) is 5.91 Å². The van der Waals surface area contributed by atoms with Crippen LogP contribution in [-0.4, -0.2) is 43.6 Å². The Labute approximate surface area is 198 Å². The van der Waals surface area contributed by atoms with Crippen molar-refractivity contribution in [1.82, 2.24) is 24.6 Å². The average Bonchev–Trinajstić information content (AvgIpc) is 3.25. The van der Waals surface area contributed by atoms with E-state index in [1.807, 2.05) is 31.3 Å². The Kier molecular flexibility index (Phi) is 4.64. The second-order valence-corrected chi connectivity index (χ2v) is 8.85. The predicted molar refractivity (Wildman–Crippen MR) is 121 cm³/mol. The quantitative estimate of drug-likeness (QED) is 0.400. The molecule has 0 saturated carbocycles. The molecule has 0 N–H and O–H groups in total. The summed E-state index contributed by atoms with van der Waals surface area (Å²) in [5.74, 6) is 0.0296. The van der Waals surface area contributed by atoms with Crippen LogP contribution >= 0.6 is 0 Å². The highest BCUT2D eigenvalue weighted by Crippen LogP contribution is 2.49. The number of alkyl halides is 3. The van der Waals surface area contributed by atoms with Crippen molar-refractivity contribution >= 4 is 16.9 Å². The van der Waals surface area contributed by atoms with Crippen LogP contribution in [0.2, 0.25) is 0 Å². The molecule has 35 heavy (non-hydrogen) atoms. The van der Waals surface area contributed by atoms with Crippen LogP contribution in [0.4, 0.5) is 13.2 Å². The fourth-order valence-electron chi connectivity index (χ4n) is 5.10. The molecule has 10 heteroatoms. The maximum absolute atomic E-state index is 13.8. The Morgan fingerprint density at radius 2 is 1.89 bits per heavy atom. The van der Waals surface area contributed by atoms with Gasteiger partial charge in [0.15, 0.2) is 11.3 Å². The predicted octanol–water partition coefficient (Wildman–Crippen LogP) is 4.57. The lowest BCUT2D eigenvalue weighted by Crippen LogP contribution is -2.49. The fourth-order valence-corrected chi connectivity index (χ4v) is 5.10. The minimum atomic E-state index is -4.78. The summed E-state index contributed by atoms with van der Waals surface area (Å²) in [6.45, 7) is 0.468. The second kappa shape index (κ2) is 7.53. The Hall–Kier alpha value is -3.95. The third-order valence-electron chi connectivity index (χ3n) is 6.82. The smallest absolute Gasteiger partial charge is 0.434 e. The molecule has 0 unspecified atom stereocenters. The van der Waals surface area contributed by atoms with Crippen LogP contribution in [0.25, 0.3) is 22.3 Å². The lowest BCUT2D eigenvalue weighted by atomic mass is 9.81. The number of amides is 1. The number of likely N-dealkylation sites (tertiary alicyclic amines) is 1. The molecule has 0 radical (unpaired) electrons. The van der Waals surface area contributed by atoms with Crippen molar-refractivity contribution in [3.63, 3.8) is 0 Å². The minimum absolute atomic E-state index is 0.0487. The monoisotopic (exact) mass is 479 g/mol. The first-order valence-corrected chi connectivity index (χ1v) is 11.2. The first-order chi connectivity index (χ1) is 16.8. The molecule has 3 aromatic heterocycles. The Morgan fingerprint density at radius 3 is 2.66 bits per heavy atom. The van der Waals surface area contributed by atoms with Gasteiger partial charge in [-0.1, -0.05) is 12.1 Å². The van der Waals surface area contributed by atoms with E-state index < -0.39 is 28.9 Å². The number of piperidine rings is 1. The van der Waals surface area contributed by atoms with Crippen LogP contribution in [0.3, 0.4) is 0 Å². The third kappa shape index (κ3) is 3.35. The topological polar surface area (TPSA) is 73.1 Å². The number of pyridine rings is 2. The van der Waals surface area contributed by atoms with Gasteiger partial charge < -0.3 is 9.64 Å². The highest BCUT2D eigenvalue weighted by Gasteiger charge is 2.47. The van der Waals surface area contributed by atoms with E-state index in [9.17, 15) is 18.0 Å². The fraction of sp³-hybridized carbons (Fsp3) is 0.280. The number of carbonyl (C=O) groups excluding carboxylic acids is 1. The number of carbonyl (C=O) groups is 1. The summed E-state index contributed by atoms with van der Waals surface area (Å²) in [7, 11) is 1.87. The van der Waals surface area contributed by atoms with Crippen molar-refractivity contribution in [2.45, 2.75) is 24.6 Å². The molecule has 1 fully saturated rings. The molecule has 2 aliphatic rings. The van der Waals surface area contributed by atoms with E-state index in [2.05, 4.69) is 15.1 Å². The first kappa shape index (κ1) is 21.6. The Morgan fingerprint density at radius 1 is 1.11 bits per heavy atom. The zero-order valence-corrected chi connectivity index (χ0v) is 18.7. The molecule has 5 heterocycles. The zero-order chi connectivity index (χ0) is 24.4. The zero-order valence-electron chi connectivity index (χ0n) is 18.7. The standard InChI is InChI=1S/C25H20F3N5O2/c1-32-20-16-6-2-3-7-19(16)35-24(18(20)14-30-32)8-11-33(12-9-24)23(34)17-13-15-5-4-10-29-22(15)31-21(17)25(26,27)28/h2-7,10,13-14H,8-9,11-12H2,1H3. The molecule has 2 aliphatic heterocycles. The van der Waals surface area contributed by atoms with Crippen LogP contribution in [0, 0.1) is 0 Å². The molecule has 7 nitrogen and oxygen atoms in total. The number of hydrogen-bond donors (Lipinski definition) is 0. The van der Waals surface area contributed by atoms with Crippen molar-refractivity contribution in [2.24, 2.45) is 7.05 Å². The molecule has 0 atom stereocenters. The van der Waals surface area contributed by atoms with Crippen LogP contribution in [0.15, 0.2) is 54.9 Å². The van der Waals surface area contributed by atoms with Crippen LogP contribution in [0.1, 0.15) is 34.5 Å². The molecule has 1 amide bonds. The van der Waals surface area contributed by atoms with E-state index in [0.29, 0.717) is 18.2 Å². The van der Waals surface area contributed by atoms with Gasteiger partial charge in [0.1, 0.15) is 11.4 Å². The number of aryl methyl sites for hydroxylation is 1. The number of para-hydroxylation sites is 1. The van der Waals surface area contributed by atoms with Gasteiger partial charge in [-0.15, -0.1) is 0 Å². The lowest BCUT2D eigenvalue weighted by molar-refractivity contribution is -0.141. The van der Waals surface area contributed by atoms with Gasteiger partial charge in [0, 0.05) is 55.7 Å². The van der Waals surface area contributed by atoms with Gasteiger partial charge in [0.05, 0.1) is 17.5 Å². The van der Waals surface area contributed by atoms with Crippen molar-refractivity contribution in [2.75, 3.05) is 13.1 Å². The average molecular weight is 479 g/mol. The first-order valence-electron chi connectivity index (χ1n) is 11.2. The maximum atomic E-state index is 13.8. The summed E-state index contributed by atoms with van der Waals surface area (Å²) in [5.41, 5.74) is 0.395. The molecule has 1 aromatic carbocycles. The van der Waals surface area contributed by atoms with Gasteiger partial charge >= 0.3 is 6.18 Å². The van der Waals surface area contributed by atoms with E-state index in [1.165, 1.54) is 17.2 Å². The molecule has 178 valence electrons. The van der Waals surface area contributed by atoms with Crippen LogP contribution < -0.4 is 4.74 Å². The van der Waals surface area contributed by atoms with Gasteiger partial charge in [-0.05, 0) is 30.3 Å². The number of hydrogen-bond acceptors (Lipinski definition) is 5. The number of aromatic nitrogens is 4. The van der Waals surface area contributed by atoms with Crippen LogP contribution in [0.5, 0.6) is 5.75 Å². The lowest BCUT2D eigenvalue weighted by Gasteiger charge is -2.44. The van der Waals surface area contributed by atoms with E-state index in [-0.39, 0.29) is 18.7 Å². The van der Waals surface area contributed by atoms with E-state index in [0.717, 1.165) is 22.6 Å². The van der Waals surface area contributed by atoms with Crippen molar-refractivity contribution in [1.29, 1.82) is 0 Å². The molecule has 0 aliphatic carbocycles. The SMILES string of the molecule is Cn1ncc2c1-c1ccccc1OC21CCN(C(=O)c2cc3cccnc3nc2C(F)(F)F)CC1. The summed E-state index contributed by atoms with van der Waals surface area (Å²) >= 11 is 0. The Balaban J connectivity index is 1.33. The van der Waals surface area contributed by atoms with Crippen molar-refractivity contribution in [3.8, 4) is 17.0 Å². The number of fused-ring (bicyclic) bond motifs is 5. The highest BCUT2D eigenvalue weighted by atomic mass is 19.4. The second-order valence-electron chi connectivity index (χ2n) is 8.85. The number of halogens is 3. The number of benzene rings is 1. The van der Waals surface area contributed by atoms with Gasteiger partial charge in [-0.2, -0.15) is 18.3 Å². The Bertz CT molecular complexity index is 1470. The van der Waals surface area contributed by atoms with E-state index >= 15 is 0 Å². The molecular formula is C25H20F3N5O2. The molecule has 6 rings (SSSR count). The number of rotatable bonds is 1. The molecule has 1 spiro atoms. The number of nitrogens with zero attached hydrogens (tertiary/aromatic N) is 5. The highest BCUT2D eigenvalue weighted by molar-refractivity contribution is 5.98. The van der Waals surface area contributed by atoms with Crippen molar-refractivity contribution in [3.05, 3.63) is 71.7 Å². The number of ether oxygens (including phenoxy) is 1. The van der Waals surface area contributed by atoms with E-state index in [4.69, 9.17) is 4.74 Å². The summed E-state index contributed by atoms with van der Waals surface area (Å²) < 4.78 is 49.7.